The fourth-order valence-electron chi connectivity index (χ4n) is 2.58. The van der Waals surface area contributed by atoms with Gasteiger partial charge in [-0.15, -0.1) is 0 Å². The number of rotatable bonds is 6. The molecule has 1 fully saturated rings. The Morgan fingerprint density at radius 3 is 2.71 bits per heavy atom. The summed E-state index contributed by atoms with van der Waals surface area (Å²) in [6, 6.07) is 7.34. The number of carbonyl (C=O) groups excluding carboxylic acids is 1. The number of unbranched alkanes of at least 4 members (excludes halogenated alkanes) is 1. The van der Waals surface area contributed by atoms with E-state index in [1.165, 1.54) is 0 Å². The van der Waals surface area contributed by atoms with Gasteiger partial charge < -0.3 is 14.7 Å². The van der Waals surface area contributed by atoms with Crippen molar-refractivity contribution in [3.05, 3.63) is 29.8 Å². The molecule has 1 aliphatic rings. The number of amides is 1. The van der Waals surface area contributed by atoms with Crippen LogP contribution in [0.5, 0.6) is 5.75 Å². The van der Waals surface area contributed by atoms with E-state index >= 15 is 0 Å². The first kappa shape index (κ1) is 15.8. The van der Waals surface area contributed by atoms with Crippen molar-refractivity contribution in [3.63, 3.8) is 0 Å². The maximum absolute atomic E-state index is 12.4. The molecular weight excluding hydrogens is 266 g/mol. The van der Waals surface area contributed by atoms with E-state index in [0.29, 0.717) is 18.7 Å². The molecule has 21 heavy (non-hydrogen) atoms. The molecular formula is C17H25NO3. The normalized spacial score (nSPS) is 19.6. The lowest BCUT2D eigenvalue weighted by Gasteiger charge is -2.18. The van der Waals surface area contributed by atoms with Crippen molar-refractivity contribution in [2.75, 3.05) is 19.7 Å². The van der Waals surface area contributed by atoms with Gasteiger partial charge in [-0.3, -0.25) is 4.79 Å². The van der Waals surface area contributed by atoms with Gasteiger partial charge in [0.2, 0.25) is 0 Å². The van der Waals surface area contributed by atoms with Crippen LogP contribution < -0.4 is 4.74 Å². The maximum atomic E-state index is 12.4. The van der Waals surface area contributed by atoms with Crippen LogP contribution in [0.15, 0.2) is 24.3 Å². The molecule has 0 radical (unpaired) electrons. The number of aliphatic hydroxyl groups is 1. The molecule has 1 aromatic rings. The van der Waals surface area contributed by atoms with Gasteiger partial charge in [0.05, 0.1) is 12.7 Å². The smallest absolute Gasteiger partial charge is 0.253 e. The SMILES string of the molecule is CCCCOc1ccc(C(=O)N2CCC(C(C)O)C2)cc1. The first-order chi connectivity index (χ1) is 10.1. The van der Waals surface area contributed by atoms with Gasteiger partial charge in [0, 0.05) is 24.6 Å². The van der Waals surface area contributed by atoms with Crippen molar-refractivity contribution in [1.82, 2.24) is 4.90 Å². The van der Waals surface area contributed by atoms with Crippen LogP contribution in [0.4, 0.5) is 0 Å². The highest BCUT2D eigenvalue weighted by Crippen LogP contribution is 2.22. The quantitative estimate of drug-likeness (QED) is 0.820. The predicted octanol–water partition coefficient (Wildman–Crippen LogP) is 2.71. The Morgan fingerprint density at radius 2 is 2.14 bits per heavy atom. The van der Waals surface area contributed by atoms with Gasteiger partial charge in [-0.2, -0.15) is 0 Å². The second-order valence-electron chi connectivity index (χ2n) is 5.77. The van der Waals surface area contributed by atoms with E-state index in [2.05, 4.69) is 6.92 Å². The van der Waals surface area contributed by atoms with Crippen LogP contribution >= 0.6 is 0 Å². The molecule has 0 aromatic heterocycles. The molecule has 0 spiro atoms. The molecule has 1 aliphatic heterocycles. The summed E-state index contributed by atoms with van der Waals surface area (Å²) >= 11 is 0. The van der Waals surface area contributed by atoms with Crippen LogP contribution in [0.25, 0.3) is 0 Å². The van der Waals surface area contributed by atoms with E-state index in [-0.39, 0.29) is 17.9 Å². The summed E-state index contributed by atoms with van der Waals surface area (Å²) in [5.41, 5.74) is 0.684. The first-order valence-electron chi connectivity index (χ1n) is 7.82. The minimum atomic E-state index is -0.350. The number of hydrogen-bond donors (Lipinski definition) is 1. The number of nitrogens with zero attached hydrogens (tertiary/aromatic N) is 1. The third kappa shape index (κ3) is 4.21. The van der Waals surface area contributed by atoms with E-state index in [4.69, 9.17) is 4.74 Å². The van der Waals surface area contributed by atoms with Gasteiger partial charge in [0.25, 0.3) is 5.91 Å². The van der Waals surface area contributed by atoms with E-state index < -0.39 is 0 Å². The Balaban J connectivity index is 1.91. The fraction of sp³-hybridized carbons (Fsp3) is 0.588. The highest BCUT2D eigenvalue weighted by atomic mass is 16.5. The molecule has 2 unspecified atom stereocenters. The number of ether oxygens (including phenoxy) is 1. The van der Waals surface area contributed by atoms with Gasteiger partial charge in [-0.05, 0) is 44.0 Å². The van der Waals surface area contributed by atoms with Gasteiger partial charge >= 0.3 is 0 Å². The van der Waals surface area contributed by atoms with Crippen molar-refractivity contribution in [3.8, 4) is 5.75 Å². The average Bonchev–Trinajstić information content (AvgIpc) is 2.97. The molecule has 1 saturated heterocycles. The Kier molecular flexibility index (Phi) is 5.62. The molecule has 1 aromatic carbocycles. The fourth-order valence-corrected chi connectivity index (χ4v) is 2.58. The lowest BCUT2D eigenvalue weighted by molar-refractivity contribution is 0.0762. The Morgan fingerprint density at radius 1 is 1.43 bits per heavy atom. The van der Waals surface area contributed by atoms with Crippen LogP contribution in [0.1, 0.15) is 43.5 Å². The Hall–Kier alpha value is -1.55. The van der Waals surface area contributed by atoms with E-state index in [9.17, 15) is 9.90 Å². The molecule has 2 rings (SSSR count). The molecule has 4 heteroatoms. The van der Waals surface area contributed by atoms with Gasteiger partial charge in [-0.1, -0.05) is 13.3 Å². The van der Waals surface area contributed by atoms with Crippen molar-refractivity contribution in [1.29, 1.82) is 0 Å². The van der Waals surface area contributed by atoms with E-state index in [1.54, 1.807) is 6.92 Å². The summed E-state index contributed by atoms with van der Waals surface area (Å²) in [7, 11) is 0. The number of aliphatic hydroxyl groups excluding tert-OH is 1. The third-order valence-electron chi connectivity index (χ3n) is 4.06. The topological polar surface area (TPSA) is 49.8 Å². The van der Waals surface area contributed by atoms with Crippen molar-refractivity contribution >= 4 is 5.91 Å². The molecule has 2 atom stereocenters. The monoisotopic (exact) mass is 291 g/mol. The van der Waals surface area contributed by atoms with E-state index in [0.717, 1.165) is 31.6 Å². The zero-order valence-corrected chi connectivity index (χ0v) is 12.9. The number of carbonyl (C=O) groups is 1. The van der Waals surface area contributed by atoms with Gasteiger partial charge in [0.1, 0.15) is 5.75 Å². The van der Waals surface area contributed by atoms with Crippen molar-refractivity contribution in [2.24, 2.45) is 5.92 Å². The summed E-state index contributed by atoms with van der Waals surface area (Å²) in [6.45, 7) is 6.00. The minimum absolute atomic E-state index is 0.0401. The van der Waals surface area contributed by atoms with Crippen molar-refractivity contribution in [2.45, 2.75) is 39.2 Å². The zero-order valence-electron chi connectivity index (χ0n) is 12.9. The molecule has 0 bridgehead atoms. The highest BCUT2D eigenvalue weighted by Gasteiger charge is 2.29. The summed E-state index contributed by atoms with van der Waals surface area (Å²) in [5.74, 6) is 1.05. The summed E-state index contributed by atoms with van der Waals surface area (Å²) < 4.78 is 5.60. The zero-order chi connectivity index (χ0) is 15.2. The molecule has 0 saturated carbocycles. The summed E-state index contributed by atoms with van der Waals surface area (Å²) in [6.07, 6.45) is 2.67. The second kappa shape index (κ2) is 7.46. The molecule has 1 N–H and O–H groups in total. The maximum Gasteiger partial charge on any atom is 0.253 e. The van der Waals surface area contributed by atoms with E-state index in [1.807, 2.05) is 29.2 Å². The minimum Gasteiger partial charge on any atom is -0.494 e. The number of benzene rings is 1. The molecule has 1 heterocycles. The van der Waals surface area contributed by atoms with Crippen LogP contribution in [0.3, 0.4) is 0 Å². The van der Waals surface area contributed by atoms with Crippen LogP contribution in [0, 0.1) is 5.92 Å². The molecule has 1 amide bonds. The van der Waals surface area contributed by atoms with Crippen LogP contribution in [0.2, 0.25) is 0 Å². The van der Waals surface area contributed by atoms with Crippen LogP contribution in [-0.2, 0) is 0 Å². The average molecular weight is 291 g/mol. The summed E-state index contributed by atoms with van der Waals surface area (Å²) in [5, 5.41) is 9.61. The Labute approximate surface area is 126 Å². The number of hydrogen-bond acceptors (Lipinski definition) is 3. The lowest BCUT2D eigenvalue weighted by Crippen LogP contribution is -2.30. The molecule has 0 aliphatic carbocycles. The molecule has 116 valence electrons. The predicted molar refractivity (Wildman–Crippen MR) is 82.5 cm³/mol. The lowest BCUT2D eigenvalue weighted by atomic mass is 10.0. The van der Waals surface area contributed by atoms with Crippen LogP contribution in [-0.4, -0.2) is 41.7 Å². The van der Waals surface area contributed by atoms with Gasteiger partial charge in [-0.25, -0.2) is 0 Å². The molecule has 4 nitrogen and oxygen atoms in total. The van der Waals surface area contributed by atoms with Crippen molar-refractivity contribution < 1.29 is 14.6 Å². The standard InChI is InChI=1S/C17H25NO3/c1-3-4-11-21-16-7-5-14(6-8-16)17(20)18-10-9-15(12-18)13(2)19/h5-8,13,15,19H,3-4,9-12H2,1-2H3. The largest absolute Gasteiger partial charge is 0.494 e. The number of likely N-dealkylation sites (tertiary alicyclic amines) is 1. The second-order valence-corrected chi connectivity index (χ2v) is 5.77. The van der Waals surface area contributed by atoms with Gasteiger partial charge in [0.15, 0.2) is 0 Å². The highest BCUT2D eigenvalue weighted by molar-refractivity contribution is 5.94. The first-order valence-corrected chi connectivity index (χ1v) is 7.82. The summed E-state index contributed by atoms with van der Waals surface area (Å²) in [4.78, 5) is 14.2. The Bertz CT molecular complexity index is 456. The third-order valence-corrected chi connectivity index (χ3v) is 4.06.